The molecule has 3 fully saturated rings. The lowest BCUT2D eigenvalue weighted by Crippen LogP contribution is -2.61. The molecule has 2 aromatic rings. The first-order valence-corrected chi connectivity index (χ1v) is 15.0. The average molecular weight is 620 g/mol. The van der Waals surface area contributed by atoms with E-state index in [1.807, 2.05) is 0 Å². The zero-order valence-electron chi connectivity index (χ0n) is 24.4. The monoisotopic (exact) mass is 618 g/mol. The molecule has 5 atom stereocenters. The van der Waals surface area contributed by atoms with Crippen LogP contribution in [0.2, 0.25) is 11.6 Å². The topological polar surface area (TPSA) is 135 Å². The number of halogens is 3. The lowest BCUT2D eigenvalue weighted by molar-refractivity contribution is -0.134. The van der Waals surface area contributed by atoms with Gasteiger partial charge in [-0.3, -0.25) is 19.7 Å². The molecule has 1 saturated carbocycles. The summed E-state index contributed by atoms with van der Waals surface area (Å²) >= 11 is 12.5. The van der Waals surface area contributed by atoms with E-state index in [0.29, 0.717) is 35.5 Å². The zero-order chi connectivity index (χ0) is 30.9. The molecular weight excluding hydrogens is 584 g/mol. The number of rotatable bonds is 4. The van der Waals surface area contributed by atoms with Crippen LogP contribution in [-0.2, 0) is 24.5 Å². The highest BCUT2D eigenvalue weighted by molar-refractivity contribution is 6.31. The zero-order valence-corrected chi connectivity index (χ0v) is 24.9. The molecule has 5 N–H and O–H groups in total. The summed E-state index contributed by atoms with van der Waals surface area (Å²) in [4.78, 5) is 44.4. The SMILES string of the molecule is [2H]N(C(=O)[C@@H]1NC2(CCC(C)(C)CC2)[C@@]2(C(=O)Nc3cc(Cl)ccc32)[C@H]1c1ccnc(Cl)c1F)[C@@H]1CC[C@@H](C(N)=O)OC1. The van der Waals surface area contributed by atoms with E-state index in [-0.39, 0.29) is 35.1 Å². The summed E-state index contributed by atoms with van der Waals surface area (Å²) in [5, 5.41) is 7.44. The number of aromatic nitrogens is 1. The van der Waals surface area contributed by atoms with Crippen molar-refractivity contribution in [1.29, 1.82) is 0 Å². The molecule has 1 aromatic carbocycles. The van der Waals surface area contributed by atoms with Gasteiger partial charge in [0, 0.05) is 28.4 Å². The molecule has 4 heterocycles. The van der Waals surface area contributed by atoms with Crippen molar-refractivity contribution in [3.8, 4) is 0 Å². The van der Waals surface area contributed by atoms with Crippen molar-refractivity contribution in [2.45, 2.75) is 87.4 Å². The number of primary amides is 1. The van der Waals surface area contributed by atoms with Crippen molar-refractivity contribution in [2.75, 3.05) is 11.9 Å². The molecule has 3 amide bonds. The Morgan fingerprint density at radius 3 is 2.60 bits per heavy atom. The molecule has 0 radical (unpaired) electrons. The minimum Gasteiger partial charge on any atom is -0.367 e. The number of hydrogen-bond donors (Lipinski definition) is 4. The smallest absolute Gasteiger partial charge is 0.246 e. The van der Waals surface area contributed by atoms with Gasteiger partial charge in [0.05, 0.1) is 18.7 Å². The second-order valence-electron chi connectivity index (χ2n) is 12.7. The van der Waals surface area contributed by atoms with Gasteiger partial charge in [-0.2, -0.15) is 0 Å². The lowest BCUT2D eigenvalue weighted by Gasteiger charge is -2.50. The van der Waals surface area contributed by atoms with Gasteiger partial charge < -0.3 is 21.1 Å². The lowest BCUT2D eigenvalue weighted by atomic mass is 9.53. The van der Waals surface area contributed by atoms with Crippen molar-refractivity contribution in [1.82, 2.24) is 15.6 Å². The molecular formula is C30H34Cl2FN5O4. The number of carbonyl (C=O) groups excluding carboxylic acids is 3. The Morgan fingerprint density at radius 2 is 1.93 bits per heavy atom. The highest BCUT2D eigenvalue weighted by Crippen LogP contribution is 2.64. The van der Waals surface area contributed by atoms with Crippen molar-refractivity contribution in [2.24, 2.45) is 11.1 Å². The van der Waals surface area contributed by atoms with E-state index in [4.69, 9.17) is 35.1 Å². The fourth-order valence-electron chi connectivity index (χ4n) is 7.64. The second-order valence-corrected chi connectivity index (χ2v) is 13.5. The van der Waals surface area contributed by atoms with Gasteiger partial charge in [-0.1, -0.05) is 43.1 Å². The highest BCUT2D eigenvalue weighted by atomic mass is 35.5. The highest BCUT2D eigenvalue weighted by Gasteiger charge is 2.73. The first kappa shape index (κ1) is 28.0. The summed E-state index contributed by atoms with van der Waals surface area (Å²) in [6, 6.07) is 4.74. The molecule has 3 aliphatic heterocycles. The third-order valence-electron chi connectivity index (χ3n) is 9.81. The van der Waals surface area contributed by atoms with E-state index in [1.165, 1.54) is 12.3 Å². The molecule has 224 valence electrons. The van der Waals surface area contributed by atoms with Crippen LogP contribution in [0.15, 0.2) is 30.5 Å². The van der Waals surface area contributed by atoms with Crippen LogP contribution in [-0.4, -0.2) is 53.0 Å². The standard InChI is InChI=1S/C30H34Cl2FN5O4/c1-28(2)8-10-29(11-9-28)30(18-5-3-15(31)13-19(18)37-27(30)41)21(17-7-12-35-24(32)22(17)33)23(38-29)26(40)36-16-4-6-20(25(34)39)42-14-16/h3,5,7,12-13,16,20-21,23,38H,4,6,8-11,14H2,1-2H3,(H2,34,39)(H,36,40)(H,37,41)/t16-,20+,21+,23-,30-/m1/s1/i/hD. The van der Waals surface area contributed by atoms with E-state index in [9.17, 15) is 14.4 Å². The van der Waals surface area contributed by atoms with Gasteiger partial charge in [-0.05, 0) is 73.3 Å². The van der Waals surface area contributed by atoms with E-state index >= 15 is 4.39 Å². The molecule has 42 heavy (non-hydrogen) atoms. The number of hydrogen-bond acceptors (Lipinski definition) is 6. The summed E-state index contributed by atoms with van der Waals surface area (Å²) in [6.07, 6.45) is 3.72. The Morgan fingerprint density at radius 1 is 1.19 bits per heavy atom. The number of fused-ring (bicyclic) bond motifs is 3. The third-order valence-corrected chi connectivity index (χ3v) is 10.3. The number of anilines is 1. The number of pyridine rings is 1. The van der Waals surface area contributed by atoms with Crippen molar-refractivity contribution >= 4 is 46.6 Å². The molecule has 1 aromatic heterocycles. The van der Waals surface area contributed by atoms with Crippen molar-refractivity contribution in [3.05, 3.63) is 57.6 Å². The Balaban J connectivity index is 1.52. The normalized spacial score (nSPS) is 31.5. The number of nitrogens with zero attached hydrogens (tertiary/aromatic N) is 1. The fourth-order valence-corrected chi connectivity index (χ4v) is 7.98. The Bertz CT molecular complexity index is 1490. The minimum atomic E-state index is -1.43. The van der Waals surface area contributed by atoms with Gasteiger partial charge in [-0.15, -0.1) is 0 Å². The van der Waals surface area contributed by atoms with Crippen molar-refractivity contribution < 1.29 is 24.9 Å². The molecule has 12 heteroatoms. The van der Waals surface area contributed by atoms with Gasteiger partial charge in [0.2, 0.25) is 17.7 Å². The predicted molar refractivity (Wildman–Crippen MR) is 156 cm³/mol. The number of nitrogens with two attached hydrogens (primary N) is 1. The maximum Gasteiger partial charge on any atom is 0.246 e. The Hall–Kier alpha value is -2.79. The van der Waals surface area contributed by atoms with E-state index in [2.05, 4.69) is 29.5 Å². The number of carbonyl (C=O) groups is 3. The van der Waals surface area contributed by atoms with E-state index < -0.39 is 52.7 Å². The van der Waals surface area contributed by atoms with Crippen LogP contribution in [0.1, 0.15) is 69.4 Å². The van der Waals surface area contributed by atoms with Crippen molar-refractivity contribution in [3.63, 3.8) is 0 Å². The summed E-state index contributed by atoms with van der Waals surface area (Å²) < 4.78 is 30.5. The van der Waals surface area contributed by atoms with E-state index in [1.54, 1.807) is 18.2 Å². The van der Waals surface area contributed by atoms with Crippen LogP contribution < -0.4 is 21.7 Å². The summed E-state index contributed by atoms with van der Waals surface area (Å²) in [6.45, 7) is 4.28. The molecule has 9 nitrogen and oxygen atoms in total. The molecule has 4 aliphatic rings. The molecule has 6 rings (SSSR count). The first-order valence-electron chi connectivity index (χ1n) is 14.7. The average Bonchev–Trinajstić information content (AvgIpc) is 3.43. The third kappa shape index (κ3) is 4.49. The maximum absolute atomic E-state index is 16.0. The van der Waals surface area contributed by atoms with Gasteiger partial charge >= 0.3 is 0 Å². The second kappa shape index (κ2) is 10.4. The van der Waals surface area contributed by atoms with E-state index in [0.717, 1.165) is 18.2 Å². The summed E-state index contributed by atoms with van der Waals surface area (Å²) in [5.74, 6) is -3.51. The number of ether oxygens (including phenoxy) is 1. The minimum absolute atomic E-state index is 0.00724. The van der Waals surface area contributed by atoms with Gasteiger partial charge in [-0.25, -0.2) is 9.37 Å². The van der Waals surface area contributed by atoms with Crippen LogP contribution in [0.5, 0.6) is 0 Å². The van der Waals surface area contributed by atoms with Crippen LogP contribution in [0.3, 0.4) is 0 Å². The number of amides is 3. The largest absolute Gasteiger partial charge is 0.367 e. The van der Waals surface area contributed by atoms with Crippen LogP contribution in [0.4, 0.5) is 10.1 Å². The molecule has 0 unspecified atom stereocenters. The number of benzene rings is 1. The van der Waals surface area contributed by atoms with Crippen LogP contribution >= 0.6 is 23.2 Å². The quantitative estimate of drug-likeness (QED) is 0.383. The molecule has 0 bridgehead atoms. The summed E-state index contributed by atoms with van der Waals surface area (Å²) in [5.41, 5.74) is 4.16. The Labute approximate surface area is 254 Å². The predicted octanol–water partition coefficient (Wildman–Crippen LogP) is 3.96. The van der Waals surface area contributed by atoms with Crippen LogP contribution in [0, 0.1) is 11.2 Å². The van der Waals surface area contributed by atoms with Gasteiger partial charge in [0.25, 0.3) is 0 Å². The van der Waals surface area contributed by atoms with Gasteiger partial charge in [0.1, 0.15) is 11.5 Å². The van der Waals surface area contributed by atoms with Gasteiger partial charge in [0.15, 0.2) is 12.4 Å². The molecule has 2 spiro atoms. The Kier molecular flexibility index (Phi) is 6.96. The molecule has 2 saturated heterocycles. The fraction of sp³-hybridized carbons (Fsp3) is 0.533. The van der Waals surface area contributed by atoms with Crippen LogP contribution in [0.25, 0.3) is 0 Å². The summed E-state index contributed by atoms with van der Waals surface area (Å²) in [7, 11) is 0. The maximum atomic E-state index is 16.0. The number of nitrogens with one attached hydrogen (secondary N) is 3. The first-order chi connectivity index (χ1) is 20.3. The molecule has 1 aliphatic carbocycles.